The van der Waals surface area contributed by atoms with Crippen molar-refractivity contribution in [1.82, 2.24) is 15.1 Å². The molecule has 0 amide bonds. The van der Waals surface area contributed by atoms with Crippen LogP contribution >= 0.6 is 0 Å². The molecule has 2 saturated heterocycles. The third kappa shape index (κ3) is 5.35. The van der Waals surface area contributed by atoms with Crippen LogP contribution in [0, 0.1) is 5.41 Å². The highest BCUT2D eigenvalue weighted by molar-refractivity contribution is 5.80. The Bertz CT molecular complexity index is 566. The van der Waals surface area contributed by atoms with E-state index in [1.165, 1.54) is 0 Å². The SMILES string of the molecule is CCNC(=NCC1(C)COC1)N1CCN(CCOc2ccccc2)CC1. The molecule has 0 saturated carbocycles. The van der Waals surface area contributed by atoms with E-state index < -0.39 is 0 Å². The first-order valence-corrected chi connectivity index (χ1v) is 9.70. The molecule has 0 unspecified atom stereocenters. The lowest BCUT2D eigenvalue weighted by Gasteiger charge is -2.39. The largest absolute Gasteiger partial charge is 0.492 e. The Hall–Kier alpha value is -1.79. The maximum atomic E-state index is 5.81. The molecule has 1 N–H and O–H groups in total. The van der Waals surface area contributed by atoms with Gasteiger partial charge in [-0.15, -0.1) is 0 Å². The van der Waals surface area contributed by atoms with Gasteiger partial charge in [-0.2, -0.15) is 0 Å². The van der Waals surface area contributed by atoms with Crippen LogP contribution in [0.5, 0.6) is 5.75 Å². The van der Waals surface area contributed by atoms with Crippen LogP contribution in [-0.4, -0.2) is 81.4 Å². The van der Waals surface area contributed by atoms with Crippen molar-refractivity contribution in [2.24, 2.45) is 10.4 Å². The van der Waals surface area contributed by atoms with Gasteiger partial charge in [0.05, 0.1) is 19.8 Å². The second-order valence-corrected chi connectivity index (χ2v) is 7.46. The number of nitrogens with one attached hydrogen (secondary N) is 1. The summed E-state index contributed by atoms with van der Waals surface area (Å²) in [4.78, 5) is 9.70. The average molecular weight is 361 g/mol. The van der Waals surface area contributed by atoms with Crippen molar-refractivity contribution in [2.45, 2.75) is 13.8 Å². The molecular weight excluding hydrogens is 328 g/mol. The fourth-order valence-electron chi connectivity index (χ4n) is 3.23. The first-order chi connectivity index (χ1) is 12.7. The highest BCUT2D eigenvalue weighted by Crippen LogP contribution is 2.26. The van der Waals surface area contributed by atoms with Crippen molar-refractivity contribution in [2.75, 3.05) is 65.6 Å². The van der Waals surface area contributed by atoms with Crippen molar-refractivity contribution in [3.05, 3.63) is 30.3 Å². The third-order valence-corrected chi connectivity index (χ3v) is 4.94. The van der Waals surface area contributed by atoms with Gasteiger partial charge in [0.25, 0.3) is 0 Å². The summed E-state index contributed by atoms with van der Waals surface area (Å²) in [6.45, 7) is 13.5. The van der Waals surface area contributed by atoms with E-state index in [2.05, 4.69) is 29.0 Å². The molecule has 0 aliphatic carbocycles. The van der Waals surface area contributed by atoms with Crippen LogP contribution in [0.25, 0.3) is 0 Å². The Morgan fingerprint density at radius 2 is 1.92 bits per heavy atom. The van der Waals surface area contributed by atoms with Crippen LogP contribution in [0.4, 0.5) is 0 Å². The Morgan fingerprint density at radius 1 is 1.19 bits per heavy atom. The Kier molecular flexibility index (Phi) is 6.74. The summed E-state index contributed by atoms with van der Waals surface area (Å²) in [6.07, 6.45) is 0. The summed E-state index contributed by atoms with van der Waals surface area (Å²) >= 11 is 0. The van der Waals surface area contributed by atoms with Crippen molar-refractivity contribution in [3.8, 4) is 5.75 Å². The summed E-state index contributed by atoms with van der Waals surface area (Å²) in [5.74, 6) is 1.99. The molecule has 6 nitrogen and oxygen atoms in total. The van der Waals surface area contributed by atoms with Crippen LogP contribution < -0.4 is 10.1 Å². The molecule has 1 aromatic rings. The van der Waals surface area contributed by atoms with Crippen LogP contribution in [0.3, 0.4) is 0 Å². The van der Waals surface area contributed by atoms with Crippen molar-refractivity contribution in [1.29, 1.82) is 0 Å². The molecular formula is C20H32N4O2. The van der Waals surface area contributed by atoms with E-state index in [1.54, 1.807) is 0 Å². The van der Waals surface area contributed by atoms with Crippen LogP contribution in [0.2, 0.25) is 0 Å². The molecule has 6 heteroatoms. The molecule has 144 valence electrons. The third-order valence-electron chi connectivity index (χ3n) is 4.94. The number of nitrogens with zero attached hydrogens (tertiary/aromatic N) is 3. The zero-order chi connectivity index (χ0) is 18.2. The second kappa shape index (κ2) is 9.24. The van der Waals surface area contributed by atoms with E-state index in [1.807, 2.05) is 30.3 Å². The van der Waals surface area contributed by atoms with E-state index >= 15 is 0 Å². The molecule has 0 bridgehead atoms. The zero-order valence-corrected chi connectivity index (χ0v) is 16.1. The number of hydrogen-bond donors (Lipinski definition) is 1. The van der Waals surface area contributed by atoms with Gasteiger partial charge >= 0.3 is 0 Å². The van der Waals surface area contributed by atoms with Gasteiger partial charge in [0.2, 0.25) is 0 Å². The molecule has 0 aromatic heterocycles. The van der Waals surface area contributed by atoms with Crippen LogP contribution in [0.1, 0.15) is 13.8 Å². The number of piperazine rings is 1. The number of para-hydroxylation sites is 1. The molecule has 0 atom stereocenters. The zero-order valence-electron chi connectivity index (χ0n) is 16.1. The molecule has 2 heterocycles. The van der Waals surface area contributed by atoms with Gasteiger partial charge in [-0.05, 0) is 19.1 Å². The minimum absolute atomic E-state index is 0.220. The number of aliphatic imine (C=N–C) groups is 1. The predicted molar refractivity (Wildman–Crippen MR) is 105 cm³/mol. The highest BCUT2D eigenvalue weighted by atomic mass is 16.5. The summed E-state index contributed by atoms with van der Waals surface area (Å²) in [7, 11) is 0. The molecule has 2 aliphatic heterocycles. The number of rotatable bonds is 7. The first kappa shape index (κ1) is 19.0. The van der Waals surface area contributed by atoms with Gasteiger partial charge in [0, 0.05) is 44.7 Å². The number of guanidine groups is 1. The van der Waals surface area contributed by atoms with Crippen molar-refractivity contribution < 1.29 is 9.47 Å². The van der Waals surface area contributed by atoms with Gasteiger partial charge in [-0.3, -0.25) is 9.89 Å². The average Bonchev–Trinajstić information content (AvgIpc) is 2.65. The van der Waals surface area contributed by atoms with Gasteiger partial charge in [-0.25, -0.2) is 0 Å². The summed E-state index contributed by atoms with van der Waals surface area (Å²) in [5, 5.41) is 3.44. The normalized spacial score (nSPS) is 20.5. The Balaban J connectivity index is 1.41. The topological polar surface area (TPSA) is 49.3 Å². The summed E-state index contributed by atoms with van der Waals surface area (Å²) < 4.78 is 11.2. The molecule has 26 heavy (non-hydrogen) atoms. The standard InChI is InChI=1S/C20H32N4O2/c1-3-21-19(22-15-20(2)16-25-17-20)24-11-9-23(10-12-24)13-14-26-18-7-5-4-6-8-18/h4-8H,3,9-17H2,1-2H3,(H,21,22). The number of hydrogen-bond acceptors (Lipinski definition) is 4. The lowest BCUT2D eigenvalue weighted by atomic mass is 9.89. The first-order valence-electron chi connectivity index (χ1n) is 9.70. The molecule has 1 aromatic carbocycles. The van der Waals surface area contributed by atoms with Crippen LogP contribution in [-0.2, 0) is 4.74 Å². The molecule has 2 aliphatic rings. The van der Waals surface area contributed by atoms with E-state index in [-0.39, 0.29) is 5.41 Å². The molecule has 0 radical (unpaired) electrons. The minimum Gasteiger partial charge on any atom is -0.492 e. The monoisotopic (exact) mass is 360 g/mol. The number of ether oxygens (including phenoxy) is 2. The lowest BCUT2D eigenvalue weighted by Crippen LogP contribution is -2.53. The number of benzene rings is 1. The van der Waals surface area contributed by atoms with Crippen molar-refractivity contribution >= 4 is 5.96 Å². The van der Waals surface area contributed by atoms with E-state index in [4.69, 9.17) is 14.5 Å². The quantitative estimate of drug-likeness (QED) is 0.592. The van der Waals surface area contributed by atoms with E-state index in [9.17, 15) is 0 Å². The highest BCUT2D eigenvalue weighted by Gasteiger charge is 2.33. The maximum Gasteiger partial charge on any atom is 0.194 e. The molecule has 3 rings (SSSR count). The predicted octanol–water partition coefficient (Wildman–Crippen LogP) is 1.69. The lowest BCUT2D eigenvalue weighted by molar-refractivity contribution is -0.0946. The molecule has 2 fully saturated rings. The van der Waals surface area contributed by atoms with E-state index in [0.717, 1.165) is 77.3 Å². The second-order valence-electron chi connectivity index (χ2n) is 7.46. The van der Waals surface area contributed by atoms with Gasteiger partial charge in [0.1, 0.15) is 12.4 Å². The Morgan fingerprint density at radius 3 is 2.54 bits per heavy atom. The molecule has 0 spiro atoms. The smallest absolute Gasteiger partial charge is 0.194 e. The van der Waals surface area contributed by atoms with E-state index in [0.29, 0.717) is 0 Å². The van der Waals surface area contributed by atoms with Gasteiger partial charge in [0.15, 0.2) is 5.96 Å². The fraction of sp³-hybridized carbons (Fsp3) is 0.650. The summed E-state index contributed by atoms with van der Waals surface area (Å²) in [5.41, 5.74) is 0.220. The summed E-state index contributed by atoms with van der Waals surface area (Å²) in [6, 6.07) is 10.0. The van der Waals surface area contributed by atoms with Gasteiger partial charge < -0.3 is 19.7 Å². The fourth-order valence-corrected chi connectivity index (χ4v) is 3.23. The van der Waals surface area contributed by atoms with Crippen molar-refractivity contribution in [3.63, 3.8) is 0 Å². The Labute approximate surface area is 157 Å². The van der Waals surface area contributed by atoms with Crippen LogP contribution in [0.15, 0.2) is 35.3 Å². The minimum atomic E-state index is 0.220. The maximum absolute atomic E-state index is 5.81. The van der Waals surface area contributed by atoms with Gasteiger partial charge in [-0.1, -0.05) is 25.1 Å².